The predicted molar refractivity (Wildman–Crippen MR) is 98.5 cm³/mol. The van der Waals surface area contributed by atoms with Crippen LogP contribution in [0.4, 0.5) is 4.79 Å². The first-order valence-electron chi connectivity index (χ1n) is 8.53. The van der Waals surface area contributed by atoms with Gasteiger partial charge >= 0.3 is 12.0 Å². The fourth-order valence-corrected chi connectivity index (χ4v) is 3.41. The molecule has 1 aliphatic heterocycles. The summed E-state index contributed by atoms with van der Waals surface area (Å²) in [6, 6.07) is 12.8. The van der Waals surface area contributed by atoms with E-state index in [0.29, 0.717) is 11.1 Å². The van der Waals surface area contributed by atoms with E-state index < -0.39 is 35.5 Å². The first-order valence-corrected chi connectivity index (χ1v) is 8.53. The molecule has 1 aliphatic rings. The fourth-order valence-electron chi connectivity index (χ4n) is 3.41. The van der Waals surface area contributed by atoms with Gasteiger partial charge < -0.3 is 19.9 Å². The molecule has 8 heteroatoms. The number of ether oxygens (including phenoxy) is 2. The van der Waals surface area contributed by atoms with Gasteiger partial charge in [-0.1, -0.05) is 42.5 Å². The van der Waals surface area contributed by atoms with Gasteiger partial charge in [0.25, 0.3) is 5.72 Å². The van der Waals surface area contributed by atoms with E-state index in [4.69, 9.17) is 9.47 Å². The number of hydrogen-bond donors (Lipinski definition) is 3. The van der Waals surface area contributed by atoms with Crippen LogP contribution in [0, 0.1) is 5.92 Å². The van der Waals surface area contributed by atoms with Crippen molar-refractivity contribution in [1.82, 2.24) is 10.6 Å². The van der Waals surface area contributed by atoms with E-state index >= 15 is 0 Å². The number of rotatable bonds is 5. The summed E-state index contributed by atoms with van der Waals surface area (Å²) in [5.74, 6) is -2.46. The molecule has 0 aliphatic carbocycles. The number of ketones is 1. The Labute approximate surface area is 161 Å². The average Bonchev–Trinajstić information content (AvgIpc) is 2.73. The van der Waals surface area contributed by atoms with E-state index in [2.05, 4.69) is 10.6 Å². The van der Waals surface area contributed by atoms with Crippen LogP contribution in [0.3, 0.4) is 0 Å². The van der Waals surface area contributed by atoms with Crippen molar-refractivity contribution in [2.24, 2.45) is 5.92 Å². The molecular weight excluding hydrogens is 364 g/mol. The number of carbonyl (C=O) groups excluding carboxylic acids is 3. The van der Waals surface area contributed by atoms with Gasteiger partial charge in [-0.05, 0) is 17.7 Å². The predicted octanol–water partition coefficient (Wildman–Crippen LogP) is 1.76. The van der Waals surface area contributed by atoms with Crippen molar-refractivity contribution < 1.29 is 29.0 Å². The maximum atomic E-state index is 13.4. The monoisotopic (exact) mass is 384 g/mol. The van der Waals surface area contributed by atoms with Gasteiger partial charge in [-0.15, -0.1) is 0 Å². The minimum absolute atomic E-state index is 0.0286. The fraction of sp³-hybridized carbons (Fsp3) is 0.250. The number of benzene rings is 2. The number of hydrogen-bond acceptors (Lipinski definition) is 6. The topological polar surface area (TPSA) is 114 Å². The summed E-state index contributed by atoms with van der Waals surface area (Å²) in [7, 11) is 2.37. The number of phenols is 1. The highest BCUT2D eigenvalue weighted by atomic mass is 16.6. The lowest BCUT2D eigenvalue weighted by Crippen LogP contribution is -2.71. The molecule has 3 rings (SSSR count). The summed E-state index contributed by atoms with van der Waals surface area (Å²) < 4.78 is 10.3. The molecule has 1 saturated heterocycles. The van der Waals surface area contributed by atoms with Crippen LogP contribution in [0.25, 0.3) is 0 Å². The third kappa shape index (κ3) is 3.29. The van der Waals surface area contributed by atoms with Gasteiger partial charge in [0, 0.05) is 12.7 Å². The van der Waals surface area contributed by atoms with E-state index in [1.807, 2.05) is 0 Å². The number of urea groups is 1. The molecule has 3 N–H and O–H groups in total. The molecular formula is C20H20N2O6. The number of Topliss-reactive ketones (excluding diaryl/α,β-unsaturated/α-hetero) is 1. The zero-order valence-electron chi connectivity index (χ0n) is 15.3. The van der Waals surface area contributed by atoms with E-state index in [9.17, 15) is 19.5 Å². The lowest BCUT2D eigenvalue weighted by Gasteiger charge is -2.44. The highest BCUT2D eigenvalue weighted by molar-refractivity contribution is 6.04. The van der Waals surface area contributed by atoms with Crippen molar-refractivity contribution in [3.63, 3.8) is 0 Å². The van der Waals surface area contributed by atoms with E-state index in [1.54, 1.807) is 42.5 Å². The number of esters is 1. The Bertz CT molecular complexity index is 883. The Kier molecular flexibility index (Phi) is 5.32. The Balaban J connectivity index is 2.18. The third-order valence-corrected chi connectivity index (χ3v) is 4.76. The van der Waals surface area contributed by atoms with Crippen molar-refractivity contribution in [3.05, 3.63) is 65.7 Å². The zero-order valence-corrected chi connectivity index (χ0v) is 15.3. The van der Waals surface area contributed by atoms with Crippen molar-refractivity contribution >= 4 is 17.8 Å². The van der Waals surface area contributed by atoms with Crippen LogP contribution < -0.4 is 10.6 Å². The standard InChI is InChI=1S/C20H20N2O6/c1-27-18(25)20(28-2)15(17(24)13-6-4-3-5-7-13)16(21-19(26)22-20)12-8-10-14(23)11-9-12/h3-11,15-16,23H,1-2H3,(H2,21,22,26). The number of nitrogens with one attached hydrogen (secondary N) is 2. The molecule has 1 fully saturated rings. The zero-order chi connectivity index (χ0) is 20.3. The summed E-state index contributed by atoms with van der Waals surface area (Å²) in [5, 5.41) is 14.7. The van der Waals surface area contributed by atoms with Gasteiger partial charge in [0.15, 0.2) is 5.78 Å². The van der Waals surface area contributed by atoms with Crippen LogP contribution in [-0.2, 0) is 14.3 Å². The first-order chi connectivity index (χ1) is 13.4. The lowest BCUT2D eigenvalue weighted by atomic mass is 9.77. The lowest BCUT2D eigenvalue weighted by molar-refractivity contribution is -0.178. The minimum atomic E-state index is -2.02. The third-order valence-electron chi connectivity index (χ3n) is 4.76. The molecule has 0 radical (unpaired) electrons. The molecule has 2 aromatic rings. The van der Waals surface area contributed by atoms with E-state index in [-0.39, 0.29) is 5.75 Å². The second-order valence-corrected chi connectivity index (χ2v) is 6.31. The molecule has 0 aromatic heterocycles. The van der Waals surface area contributed by atoms with Gasteiger partial charge in [-0.3, -0.25) is 10.1 Å². The van der Waals surface area contributed by atoms with Crippen LogP contribution >= 0.6 is 0 Å². The Morgan fingerprint density at radius 1 is 1.04 bits per heavy atom. The summed E-state index contributed by atoms with van der Waals surface area (Å²) in [6.07, 6.45) is 0. The maximum Gasteiger partial charge on any atom is 0.360 e. The number of carbonyl (C=O) groups is 3. The summed E-state index contributed by atoms with van der Waals surface area (Å²) in [6.45, 7) is 0. The van der Waals surface area contributed by atoms with Crippen LogP contribution in [-0.4, -0.2) is 42.8 Å². The van der Waals surface area contributed by atoms with E-state index in [1.165, 1.54) is 19.2 Å². The number of amides is 2. The molecule has 146 valence electrons. The van der Waals surface area contributed by atoms with Gasteiger partial charge in [0.05, 0.1) is 13.2 Å². The molecule has 0 bridgehead atoms. The summed E-state index contributed by atoms with van der Waals surface area (Å²) in [5.41, 5.74) is -1.15. The SMILES string of the molecule is COC(=O)C1(OC)NC(=O)NC(c2ccc(O)cc2)C1C(=O)c1ccccc1. The van der Waals surface area contributed by atoms with Crippen LogP contribution in [0.15, 0.2) is 54.6 Å². The molecule has 28 heavy (non-hydrogen) atoms. The summed E-state index contributed by atoms with van der Waals surface area (Å²) >= 11 is 0. The Morgan fingerprint density at radius 2 is 1.68 bits per heavy atom. The van der Waals surface area contributed by atoms with Crippen molar-refractivity contribution in [2.45, 2.75) is 11.8 Å². The quantitative estimate of drug-likeness (QED) is 0.535. The molecule has 2 amide bonds. The highest BCUT2D eigenvalue weighted by Crippen LogP contribution is 2.38. The van der Waals surface area contributed by atoms with Gasteiger partial charge in [0.2, 0.25) is 0 Å². The molecule has 0 saturated carbocycles. The van der Waals surface area contributed by atoms with Crippen molar-refractivity contribution in [3.8, 4) is 5.75 Å². The largest absolute Gasteiger partial charge is 0.508 e. The van der Waals surface area contributed by atoms with Gasteiger partial charge in [-0.2, -0.15) is 0 Å². The van der Waals surface area contributed by atoms with E-state index in [0.717, 1.165) is 7.11 Å². The average molecular weight is 384 g/mol. The first kappa shape index (κ1) is 19.4. The van der Waals surface area contributed by atoms with Crippen LogP contribution in [0.5, 0.6) is 5.75 Å². The Morgan fingerprint density at radius 3 is 2.25 bits per heavy atom. The second kappa shape index (κ2) is 7.69. The molecule has 3 unspecified atom stereocenters. The second-order valence-electron chi connectivity index (χ2n) is 6.31. The van der Waals surface area contributed by atoms with Gasteiger partial charge in [-0.25, -0.2) is 9.59 Å². The molecule has 8 nitrogen and oxygen atoms in total. The van der Waals surface area contributed by atoms with Gasteiger partial charge in [0.1, 0.15) is 11.7 Å². The maximum absolute atomic E-state index is 13.4. The molecule has 3 atom stereocenters. The molecule has 1 heterocycles. The number of phenolic OH excluding ortho intramolecular Hbond substituents is 1. The number of methoxy groups -OCH3 is 2. The Hall–Kier alpha value is -3.39. The normalized spacial score (nSPS) is 24.0. The van der Waals surface area contributed by atoms with Crippen molar-refractivity contribution in [1.29, 1.82) is 0 Å². The highest BCUT2D eigenvalue weighted by Gasteiger charge is 2.59. The minimum Gasteiger partial charge on any atom is -0.508 e. The smallest absolute Gasteiger partial charge is 0.360 e. The van der Waals surface area contributed by atoms with Crippen LogP contribution in [0.2, 0.25) is 0 Å². The van der Waals surface area contributed by atoms with Crippen LogP contribution in [0.1, 0.15) is 22.0 Å². The van der Waals surface area contributed by atoms with Crippen molar-refractivity contribution in [2.75, 3.05) is 14.2 Å². The molecule has 0 spiro atoms. The molecule has 2 aromatic carbocycles. The summed E-state index contributed by atoms with van der Waals surface area (Å²) in [4.78, 5) is 38.4. The number of aromatic hydroxyl groups is 1.